The number of fused-ring (bicyclic) bond motifs is 1. The second kappa shape index (κ2) is 7.31. The number of aromatic nitrogens is 1. The number of alkyl carbamates (subject to hydrolysis) is 1. The number of nitrogens with one attached hydrogen (secondary N) is 1. The molecule has 0 atom stereocenters. The van der Waals surface area contributed by atoms with Crippen molar-refractivity contribution in [2.75, 3.05) is 6.61 Å². The number of benzene rings is 2. The van der Waals surface area contributed by atoms with Gasteiger partial charge in [0.15, 0.2) is 0 Å². The summed E-state index contributed by atoms with van der Waals surface area (Å²) < 4.78 is 7.97. The second-order valence-corrected chi connectivity index (χ2v) is 7.20. The summed E-state index contributed by atoms with van der Waals surface area (Å²) in [6.45, 7) is 1.05. The van der Waals surface area contributed by atoms with Gasteiger partial charge in [0.1, 0.15) is 0 Å². The average Bonchev–Trinajstić information content (AvgIpc) is 2.91. The predicted octanol–water partition coefficient (Wildman–Crippen LogP) is 1.98. The number of ether oxygens (including phenoxy) is 1. The van der Waals surface area contributed by atoms with Gasteiger partial charge < -0.3 is 0 Å². The first-order chi connectivity index (χ1) is 11.2. The van der Waals surface area contributed by atoms with Crippen molar-refractivity contribution in [1.82, 2.24) is 8.88 Å². The third-order valence-electron chi connectivity index (χ3n) is 3.36. The SMILES string of the molecule is O=C(NCc1ccccc1)OCCn1[se]c2ccccc2c1=O. The molecule has 5 nitrogen and oxygen atoms in total. The molecule has 0 aliphatic rings. The maximum absolute atomic E-state index is 12.2. The molecule has 3 aromatic rings. The minimum absolute atomic E-state index is 0.0221. The van der Waals surface area contributed by atoms with E-state index in [0.29, 0.717) is 13.1 Å². The van der Waals surface area contributed by atoms with Crippen LogP contribution >= 0.6 is 0 Å². The molecule has 0 radical (unpaired) electrons. The van der Waals surface area contributed by atoms with E-state index in [4.69, 9.17) is 4.74 Å². The number of hydrogen-bond donors (Lipinski definition) is 1. The van der Waals surface area contributed by atoms with Gasteiger partial charge in [-0.05, 0) is 0 Å². The molecular weight excluding hydrogens is 359 g/mol. The molecule has 0 unspecified atom stereocenters. The van der Waals surface area contributed by atoms with Crippen LogP contribution in [0.3, 0.4) is 0 Å². The molecule has 1 aromatic heterocycles. The maximum atomic E-state index is 12.2. The Morgan fingerprint density at radius 2 is 1.83 bits per heavy atom. The number of nitrogens with zero attached hydrogens (tertiary/aromatic N) is 1. The zero-order chi connectivity index (χ0) is 16.1. The normalized spacial score (nSPS) is 10.6. The molecule has 1 N–H and O–H groups in total. The van der Waals surface area contributed by atoms with Gasteiger partial charge in [0.25, 0.3) is 0 Å². The van der Waals surface area contributed by atoms with Crippen molar-refractivity contribution in [3.8, 4) is 0 Å². The van der Waals surface area contributed by atoms with Crippen molar-refractivity contribution in [3.05, 3.63) is 70.5 Å². The first-order valence-electron chi connectivity index (χ1n) is 7.27. The topological polar surface area (TPSA) is 60.3 Å². The number of amides is 1. The van der Waals surface area contributed by atoms with E-state index >= 15 is 0 Å². The molecule has 6 heteroatoms. The van der Waals surface area contributed by atoms with Gasteiger partial charge in [-0.1, -0.05) is 0 Å². The standard InChI is InChI=1S/C17H16N2O3Se/c20-16-14-8-4-5-9-15(14)23-19(16)10-11-22-17(21)18-12-13-6-2-1-3-7-13/h1-9H,10-12H2,(H,18,21). The first-order valence-corrected chi connectivity index (χ1v) is 8.90. The monoisotopic (exact) mass is 376 g/mol. The van der Waals surface area contributed by atoms with Crippen molar-refractivity contribution in [3.63, 3.8) is 0 Å². The Morgan fingerprint density at radius 1 is 1.09 bits per heavy atom. The van der Waals surface area contributed by atoms with Gasteiger partial charge >= 0.3 is 139 Å². The van der Waals surface area contributed by atoms with Crippen LogP contribution in [0.25, 0.3) is 9.65 Å². The fraction of sp³-hybridized carbons (Fsp3) is 0.176. The molecule has 23 heavy (non-hydrogen) atoms. The van der Waals surface area contributed by atoms with E-state index < -0.39 is 6.09 Å². The molecule has 118 valence electrons. The second-order valence-electron chi connectivity index (χ2n) is 4.97. The van der Waals surface area contributed by atoms with Crippen LogP contribution in [0.15, 0.2) is 59.4 Å². The van der Waals surface area contributed by atoms with E-state index in [9.17, 15) is 9.59 Å². The third kappa shape index (κ3) is 3.92. The van der Waals surface area contributed by atoms with Crippen LogP contribution in [-0.4, -0.2) is 31.0 Å². The average molecular weight is 375 g/mol. The summed E-state index contributed by atoms with van der Waals surface area (Å²) in [5, 5.41) is 3.46. The number of carbonyl (C=O) groups excluding carboxylic acids is 1. The van der Waals surface area contributed by atoms with Crippen LogP contribution in [0, 0.1) is 0 Å². The van der Waals surface area contributed by atoms with Gasteiger partial charge in [0, 0.05) is 0 Å². The molecule has 0 aliphatic carbocycles. The minimum atomic E-state index is -0.467. The molecule has 0 spiro atoms. The molecule has 0 saturated carbocycles. The van der Waals surface area contributed by atoms with Crippen LogP contribution in [0.5, 0.6) is 0 Å². The van der Waals surface area contributed by atoms with Gasteiger partial charge in [-0.2, -0.15) is 0 Å². The van der Waals surface area contributed by atoms with Crippen LogP contribution in [0.1, 0.15) is 5.56 Å². The molecule has 0 bridgehead atoms. The summed E-state index contributed by atoms with van der Waals surface area (Å²) in [4.78, 5) is 23.8. The molecule has 2 aromatic carbocycles. The molecular formula is C17H16N2O3Se. The summed E-state index contributed by atoms with van der Waals surface area (Å²) in [7, 11) is 0. The van der Waals surface area contributed by atoms with Gasteiger partial charge in [-0.3, -0.25) is 0 Å². The van der Waals surface area contributed by atoms with Crippen molar-refractivity contribution in [1.29, 1.82) is 0 Å². The molecule has 1 amide bonds. The van der Waals surface area contributed by atoms with Gasteiger partial charge in [-0.25, -0.2) is 0 Å². The third-order valence-corrected chi connectivity index (χ3v) is 5.71. The van der Waals surface area contributed by atoms with Crippen molar-refractivity contribution in [2.24, 2.45) is 0 Å². The van der Waals surface area contributed by atoms with Crippen molar-refractivity contribution >= 4 is 30.5 Å². The summed E-state index contributed by atoms with van der Waals surface area (Å²) in [6.07, 6.45) is -0.467. The molecule has 1 heterocycles. The van der Waals surface area contributed by atoms with Crippen LogP contribution in [0.4, 0.5) is 4.79 Å². The molecule has 0 fully saturated rings. The fourth-order valence-corrected chi connectivity index (χ4v) is 4.26. The van der Waals surface area contributed by atoms with Crippen molar-refractivity contribution < 1.29 is 9.53 Å². The predicted molar refractivity (Wildman–Crippen MR) is 89.8 cm³/mol. The van der Waals surface area contributed by atoms with Gasteiger partial charge in [-0.15, -0.1) is 0 Å². The summed E-state index contributed by atoms with van der Waals surface area (Å²) in [5.74, 6) is 0. The summed E-state index contributed by atoms with van der Waals surface area (Å²) in [6, 6.07) is 17.2. The van der Waals surface area contributed by atoms with E-state index in [1.807, 2.05) is 54.6 Å². The molecule has 3 rings (SSSR count). The Morgan fingerprint density at radius 3 is 2.61 bits per heavy atom. The Kier molecular flexibility index (Phi) is 4.95. The van der Waals surface area contributed by atoms with E-state index in [-0.39, 0.29) is 26.9 Å². The Hall–Kier alpha value is -2.30. The number of carbonyl (C=O) groups is 1. The van der Waals surface area contributed by atoms with Crippen LogP contribution in [0.2, 0.25) is 0 Å². The number of rotatable bonds is 5. The van der Waals surface area contributed by atoms with Crippen LogP contribution in [-0.2, 0) is 17.8 Å². The first kappa shape index (κ1) is 15.6. The summed E-state index contributed by atoms with van der Waals surface area (Å²) in [5.41, 5.74) is 1.03. The zero-order valence-electron chi connectivity index (χ0n) is 12.4. The number of hydrogen-bond acceptors (Lipinski definition) is 3. The Balaban J connectivity index is 1.49. The van der Waals surface area contributed by atoms with E-state index in [0.717, 1.165) is 15.2 Å². The van der Waals surface area contributed by atoms with E-state index in [2.05, 4.69) is 5.32 Å². The Labute approximate surface area is 139 Å². The van der Waals surface area contributed by atoms with E-state index in [1.165, 1.54) is 0 Å². The zero-order valence-corrected chi connectivity index (χ0v) is 14.1. The van der Waals surface area contributed by atoms with E-state index in [1.54, 1.807) is 3.56 Å². The van der Waals surface area contributed by atoms with Gasteiger partial charge in [0.05, 0.1) is 0 Å². The Bertz CT molecular complexity index is 855. The van der Waals surface area contributed by atoms with Crippen molar-refractivity contribution in [2.45, 2.75) is 13.1 Å². The molecule has 0 saturated heterocycles. The van der Waals surface area contributed by atoms with Gasteiger partial charge in [0.2, 0.25) is 0 Å². The molecule has 0 aliphatic heterocycles. The quantitative estimate of drug-likeness (QED) is 0.694. The summed E-state index contributed by atoms with van der Waals surface area (Å²) >= 11 is -0.0302. The van der Waals surface area contributed by atoms with Crippen LogP contribution < -0.4 is 10.9 Å². The fourth-order valence-electron chi connectivity index (χ4n) is 2.21.